The highest BCUT2D eigenvalue weighted by Gasteiger charge is 2.11. The summed E-state index contributed by atoms with van der Waals surface area (Å²) in [6.45, 7) is 1.27. The number of anilines is 2. The Balaban J connectivity index is 1.29. The number of amides is 2. The summed E-state index contributed by atoms with van der Waals surface area (Å²) in [4.78, 5) is 40.3. The molecule has 0 spiro atoms. The van der Waals surface area contributed by atoms with Gasteiger partial charge in [-0.05, 0) is 36.4 Å². The van der Waals surface area contributed by atoms with E-state index in [4.69, 9.17) is 4.74 Å². The van der Waals surface area contributed by atoms with Gasteiger partial charge in [-0.25, -0.2) is 4.98 Å². The zero-order valence-electron chi connectivity index (χ0n) is 18.3. The maximum absolute atomic E-state index is 12.5. The van der Waals surface area contributed by atoms with Crippen LogP contribution < -0.4 is 15.4 Å². The molecule has 0 unspecified atom stereocenters. The smallest absolute Gasteiger partial charge is 0.264 e. The summed E-state index contributed by atoms with van der Waals surface area (Å²) in [5.74, 6) is -0.0651. The van der Waals surface area contributed by atoms with Gasteiger partial charge in [-0.2, -0.15) is 0 Å². The third-order valence-electron chi connectivity index (χ3n) is 4.77. The SMILES string of the molecule is CC(=O)Nc1ccc(-c2csc(NC(=O)COc3ccc(C(=O)c4ccccc4)cc3)n2)cc1. The fraction of sp³-hybridized carbons (Fsp3) is 0.0769. The molecule has 1 heterocycles. The monoisotopic (exact) mass is 471 g/mol. The van der Waals surface area contributed by atoms with Crippen LogP contribution in [0.5, 0.6) is 5.75 Å². The van der Waals surface area contributed by atoms with Gasteiger partial charge in [0.25, 0.3) is 5.91 Å². The molecule has 0 aliphatic rings. The maximum Gasteiger partial charge on any atom is 0.264 e. The Morgan fingerprint density at radius 2 is 1.53 bits per heavy atom. The summed E-state index contributed by atoms with van der Waals surface area (Å²) < 4.78 is 5.54. The number of hydrogen-bond donors (Lipinski definition) is 2. The largest absolute Gasteiger partial charge is 0.484 e. The van der Waals surface area contributed by atoms with E-state index in [9.17, 15) is 14.4 Å². The summed E-state index contributed by atoms with van der Waals surface area (Å²) in [7, 11) is 0. The summed E-state index contributed by atoms with van der Waals surface area (Å²) in [5.41, 5.74) is 3.45. The van der Waals surface area contributed by atoms with Crippen molar-refractivity contribution in [1.82, 2.24) is 4.98 Å². The van der Waals surface area contributed by atoms with Gasteiger partial charge < -0.3 is 10.1 Å². The molecule has 0 radical (unpaired) electrons. The first-order valence-electron chi connectivity index (χ1n) is 10.4. The second-order valence-corrected chi connectivity index (χ2v) is 8.21. The molecular weight excluding hydrogens is 450 g/mol. The molecule has 7 nitrogen and oxygen atoms in total. The van der Waals surface area contributed by atoms with Gasteiger partial charge in [0.2, 0.25) is 5.91 Å². The first-order valence-corrected chi connectivity index (χ1v) is 11.3. The van der Waals surface area contributed by atoms with Gasteiger partial charge >= 0.3 is 0 Å². The molecule has 34 heavy (non-hydrogen) atoms. The highest BCUT2D eigenvalue weighted by atomic mass is 32.1. The van der Waals surface area contributed by atoms with Crippen molar-refractivity contribution in [2.75, 3.05) is 17.2 Å². The van der Waals surface area contributed by atoms with Gasteiger partial charge in [0, 0.05) is 34.7 Å². The zero-order chi connectivity index (χ0) is 23.9. The summed E-state index contributed by atoms with van der Waals surface area (Å²) in [6, 6.07) is 23.0. The maximum atomic E-state index is 12.5. The highest BCUT2D eigenvalue weighted by Crippen LogP contribution is 2.26. The van der Waals surface area contributed by atoms with Crippen LogP contribution in [0.4, 0.5) is 10.8 Å². The van der Waals surface area contributed by atoms with E-state index in [1.807, 2.05) is 35.7 Å². The molecular formula is C26H21N3O4S. The molecule has 2 amide bonds. The van der Waals surface area contributed by atoms with Crippen LogP contribution in [-0.4, -0.2) is 29.2 Å². The van der Waals surface area contributed by atoms with Crippen molar-refractivity contribution in [3.8, 4) is 17.0 Å². The molecule has 0 bridgehead atoms. The number of thiazole rings is 1. The Hall–Kier alpha value is -4.30. The number of benzene rings is 3. The first kappa shape index (κ1) is 22.9. The summed E-state index contributed by atoms with van der Waals surface area (Å²) in [6.07, 6.45) is 0. The Morgan fingerprint density at radius 1 is 0.853 bits per heavy atom. The van der Waals surface area contributed by atoms with Crippen LogP contribution in [0.25, 0.3) is 11.3 Å². The Labute approximate surface area is 200 Å². The second-order valence-electron chi connectivity index (χ2n) is 7.35. The van der Waals surface area contributed by atoms with Gasteiger partial charge in [-0.3, -0.25) is 19.7 Å². The van der Waals surface area contributed by atoms with E-state index < -0.39 is 0 Å². The lowest BCUT2D eigenvalue weighted by molar-refractivity contribution is -0.118. The molecule has 0 atom stereocenters. The van der Waals surface area contributed by atoms with Crippen LogP contribution in [0.2, 0.25) is 0 Å². The Bertz CT molecular complexity index is 1300. The van der Waals surface area contributed by atoms with Crippen molar-refractivity contribution in [2.24, 2.45) is 0 Å². The van der Waals surface area contributed by atoms with Crippen molar-refractivity contribution in [3.63, 3.8) is 0 Å². The molecule has 0 aliphatic carbocycles. The molecule has 1 aromatic heterocycles. The van der Waals surface area contributed by atoms with Crippen LogP contribution in [-0.2, 0) is 9.59 Å². The Kier molecular flexibility index (Phi) is 7.10. The van der Waals surface area contributed by atoms with Crippen LogP contribution >= 0.6 is 11.3 Å². The molecule has 2 N–H and O–H groups in total. The van der Waals surface area contributed by atoms with Crippen molar-refractivity contribution in [1.29, 1.82) is 0 Å². The minimum Gasteiger partial charge on any atom is -0.484 e. The Morgan fingerprint density at radius 3 is 2.21 bits per heavy atom. The molecule has 0 aliphatic heterocycles. The molecule has 0 saturated heterocycles. The quantitative estimate of drug-likeness (QED) is 0.352. The van der Waals surface area contributed by atoms with Crippen LogP contribution in [0.15, 0.2) is 84.2 Å². The number of rotatable bonds is 8. The molecule has 0 saturated carbocycles. The van der Waals surface area contributed by atoms with Crippen molar-refractivity contribution in [2.45, 2.75) is 6.92 Å². The van der Waals surface area contributed by atoms with Crippen LogP contribution in [0.3, 0.4) is 0 Å². The molecule has 170 valence electrons. The van der Waals surface area contributed by atoms with Crippen molar-refractivity contribution in [3.05, 3.63) is 95.4 Å². The zero-order valence-corrected chi connectivity index (χ0v) is 19.1. The van der Waals surface area contributed by atoms with Gasteiger partial charge in [0.05, 0.1) is 5.69 Å². The van der Waals surface area contributed by atoms with E-state index >= 15 is 0 Å². The molecule has 8 heteroatoms. The molecule has 4 rings (SSSR count). The number of carbonyl (C=O) groups excluding carboxylic acids is 3. The first-order chi connectivity index (χ1) is 16.5. The van der Waals surface area contributed by atoms with E-state index in [0.717, 1.165) is 5.56 Å². The lowest BCUT2D eigenvalue weighted by atomic mass is 10.0. The number of ketones is 1. The standard InChI is InChI=1S/C26H21N3O4S/c1-17(30)27-21-11-7-18(8-12-21)23-16-34-26(28-23)29-24(31)15-33-22-13-9-20(10-14-22)25(32)19-5-3-2-4-6-19/h2-14,16H,15H2,1H3,(H,27,30)(H,28,29,31). The number of hydrogen-bond acceptors (Lipinski definition) is 6. The molecule has 0 fully saturated rings. The minimum absolute atomic E-state index is 0.0748. The van der Waals surface area contributed by atoms with Crippen LogP contribution in [0, 0.1) is 0 Å². The van der Waals surface area contributed by atoms with E-state index in [1.165, 1.54) is 18.3 Å². The van der Waals surface area contributed by atoms with Crippen LogP contribution in [0.1, 0.15) is 22.8 Å². The van der Waals surface area contributed by atoms with Gasteiger partial charge in [-0.1, -0.05) is 42.5 Å². The molecule has 3 aromatic carbocycles. The lowest BCUT2D eigenvalue weighted by Crippen LogP contribution is -2.20. The molecule has 4 aromatic rings. The number of aromatic nitrogens is 1. The van der Waals surface area contributed by atoms with E-state index in [2.05, 4.69) is 15.6 Å². The van der Waals surface area contributed by atoms with Gasteiger partial charge in [0.15, 0.2) is 17.5 Å². The number of carbonyl (C=O) groups is 3. The number of ether oxygens (including phenoxy) is 1. The van der Waals surface area contributed by atoms with Gasteiger partial charge in [0.1, 0.15) is 5.75 Å². The van der Waals surface area contributed by atoms with E-state index in [0.29, 0.717) is 33.4 Å². The lowest BCUT2D eigenvalue weighted by Gasteiger charge is -2.07. The predicted octanol–water partition coefficient (Wildman–Crippen LogP) is 5.02. The van der Waals surface area contributed by atoms with Crippen molar-refractivity contribution >= 4 is 39.8 Å². The van der Waals surface area contributed by atoms with Crippen molar-refractivity contribution < 1.29 is 19.1 Å². The predicted molar refractivity (Wildman–Crippen MR) is 132 cm³/mol. The van der Waals surface area contributed by atoms with E-state index in [-0.39, 0.29) is 24.2 Å². The number of nitrogens with zero attached hydrogens (tertiary/aromatic N) is 1. The topological polar surface area (TPSA) is 97.4 Å². The minimum atomic E-state index is -0.341. The second kappa shape index (κ2) is 10.5. The average Bonchev–Trinajstić information content (AvgIpc) is 3.31. The fourth-order valence-corrected chi connectivity index (χ4v) is 3.89. The normalized spacial score (nSPS) is 10.4. The van der Waals surface area contributed by atoms with Gasteiger partial charge in [-0.15, -0.1) is 11.3 Å². The highest BCUT2D eigenvalue weighted by molar-refractivity contribution is 7.14. The average molecular weight is 472 g/mol. The number of nitrogens with one attached hydrogen (secondary N) is 2. The summed E-state index contributed by atoms with van der Waals surface area (Å²) in [5, 5.41) is 7.73. The fourth-order valence-electron chi connectivity index (χ4n) is 3.15. The third-order valence-corrected chi connectivity index (χ3v) is 5.53. The van der Waals surface area contributed by atoms with E-state index in [1.54, 1.807) is 48.5 Å². The summed E-state index contributed by atoms with van der Waals surface area (Å²) >= 11 is 1.31. The third kappa shape index (κ3) is 5.93.